The van der Waals surface area contributed by atoms with Crippen LogP contribution in [0.2, 0.25) is 0 Å². The van der Waals surface area contributed by atoms with E-state index in [-0.39, 0.29) is 23.7 Å². The average molecular weight is 193 g/mol. The Morgan fingerprint density at radius 3 is 2.62 bits per heavy atom. The second-order valence-corrected chi connectivity index (χ2v) is 3.95. The first-order valence-electron chi connectivity index (χ1n) is 4.27. The number of rotatable bonds is 2. The van der Waals surface area contributed by atoms with Crippen LogP contribution in [0.15, 0.2) is 0 Å². The van der Waals surface area contributed by atoms with Crippen molar-refractivity contribution in [1.82, 2.24) is 5.32 Å². The molecule has 0 aromatic heterocycles. The zero-order valence-corrected chi connectivity index (χ0v) is 6.95. The highest BCUT2D eigenvalue weighted by Gasteiger charge is 2.62. The standard InChI is InChI=1S/C8H10F3NO/c9-8(10,11)2-1-7-3-5(7)6(13)12-4-7/h5H,1-4H2,(H,12,13). The van der Waals surface area contributed by atoms with Crippen molar-refractivity contribution in [2.75, 3.05) is 6.54 Å². The molecule has 1 amide bonds. The van der Waals surface area contributed by atoms with E-state index in [0.717, 1.165) is 0 Å². The van der Waals surface area contributed by atoms with Gasteiger partial charge in [-0.05, 0) is 12.8 Å². The van der Waals surface area contributed by atoms with Crippen molar-refractivity contribution in [2.45, 2.75) is 25.4 Å². The topological polar surface area (TPSA) is 29.1 Å². The maximum Gasteiger partial charge on any atom is 0.389 e. The number of alkyl halides is 3. The number of nitrogens with one attached hydrogen (secondary N) is 1. The lowest BCUT2D eigenvalue weighted by molar-refractivity contribution is -0.138. The number of carbonyl (C=O) groups excluding carboxylic acids is 1. The lowest BCUT2D eigenvalue weighted by Gasteiger charge is -2.12. The third-order valence-electron chi connectivity index (χ3n) is 3.03. The molecule has 0 radical (unpaired) electrons. The van der Waals surface area contributed by atoms with E-state index in [4.69, 9.17) is 0 Å². The summed E-state index contributed by atoms with van der Waals surface area (Å²) >= 11 is 0. The lowest BCUT2D eigenvalue weighted by Crippen LogP contribution is -2.21. The largest absolute Gasteiger partial charge is 0.389 e. The third-order valence-corrected chi connectivity index (χ3v) is 3.03. The smallest absolute Gasteiger partial charge is 0.355 e. The Bertz CT molecular complexity index is 250. The summed E-state index contributed by atoms with van der Waals surface area (Å²) in [6.45, 7) is 0.437. The van der Waals surface area contributed by atoms with Crippen molar-refractivity contribution < 1.29 is 18.0 Å². The van der Waals surface area contributed by atoms with Crippen LogP contribution in [0.1, 0.15) is 19.3 Å². The molecule has 13 heavy (non-hydrogen) atoms. The molecule has 1 N–H and O–H groups in total. The highest BCUT2D eigenvalue weighted by Crippen LogP contribution is 2.59. The Labute approximate surface area is 73.5 Å². The molecule has 5 heteroatoms. The van der Waals surface area contributed by atoms with Gasteiger partial charge in [-0.15, -0.1) is 0 Å². The normalized spacial score (nSPS) is 37.2. The summed E-state index contributed by atoms with van der Waals surface area (Å²) < 4.78 is 35.7. The third kappa shape index (κ3) is 1.51. The van der Waals surface area contributed by atoms with Crippen LogP contribution >= 0.6 is 0 Å². The molecule has 0 spiro atoms. The van der Waals surface area contributed by atoms with Crippen LogP contribution in [0, 0.1) is 11.3 Å². The van der Waals surface area contributed by atoms with E-state index in [0.29, 0.717) is 13.0 Å². The van der Waals surface area contributed by atoms with Crippen LogP contribution in [0.3, 0.4) is 0 Å². The second-order valence-electron chi connectivity index (χ2n) is 3.95. The summed E-state index contributed by atoms with van der Waals surface area (Å²) in [5, 5.41) is 2.59. The van der Waals surface area contributed by atoms with Crippen molar-refractivity contribution in [3.8, 4) is 0 Å². The first-order chi connectivity index (χ1) is 5.93. The van der Waals surface area contributed by atoms with E-state index in [9.17, 15) is 18.0 Å². The molecule has 1 saturated carbocycles. The molecule has 0 aromatic rings. The van der Waals surface area contributed by atoms with Crippen LogP contribution in [0.25, 0.3) is 0 Å². The fraction of sp³-hybridized carbons (Fsp3) is 0.875. The molecule has 2 nitrogen and oxygen atoms in total. The Kier molecular flexibility index (Phi) is 1.63. The van der Waals surface area contributed by atoms with Gasteiger partial charge in [0.15, 0.2) is 0 Å². The van der Waals surface area contributed by atoms with Gasteiger partial charge >= 0.3 is 6.18 Å². The minimum absolute atomic E-state index is 0.0674. The molecule has 74 valence electrons. The van der Waals surface area contributed by atoms with E-state index >= 15 is 0 Å². The number of hydrogen-bond acceptors (Lipinski definition) is 1. The molecule has 1 heterocycles. The van der Waals surface area contributed by atoms with Gasteiger partial charge in [0, 0.05) is 24.3 Å². The molecule has 0 aromatic carbocycles. The van der Waals surface area contributed by atoms with Crippen LogP contribution in [0.4, 0.5) is 13.2 Å². The van der Waals surface area contributed by atoms with Crippen LogP contribution in [-0.2, 0) is 4.79 Å². The molecule has 1 aliphatic carbocycles. The Balaban J connectivity index is 1.88. The van der Waals surface area contributed by atoms with E-state index < -0.39 is 12.6 Å². The Morgan fingerprint density at radius 1 is 1.54 bits per heavy atom. The minimum Gasteiger partial charge on any atom is -0.355 e. The maximum atomic E-state index is 11.9. The number of fused-ring (bicyclic) bond motifs is 1. The lowest BCUT2D eigenvalue weighted by atomic mass is 9.99. The van der Waals surface area contributed by atoms with E-state index in [1.165, 1.54) is 0 Å². The monoisotopic (exact) mass is 193 g/mol. The van der Waals surface area contributed by atoms with E-state index in [1.807, 2.05) is 0 Å². The van der Waals surface area contributed by atoms with Gasteiger partial charge in [-0.25, -0.2) is 0 Å². The fourth-order valence-corrected chi connectivity index (χ4v) is 2.06. The molecular formula is C8H10F3NO. The average Bonchev–Trinajstić information content (AvgIpc) is 2.65. The fourth-order valence-electron chi connectivity index (χ4n) is 2.06. The zero-order chi connectivity index (χ0) is 9.69. The quantitative estimate of drug-likeness (QED) is 0.706. The van der Waals surface area contributed by atoms with Gasteiger partial charge in [0.05, 0.1) is 0 Å². The molecule has 2 unspecified atom stereocenters. The predicted octanol–water partition coefficient (Wildman–Crippen LogP) is 1.46. The summed E-state index contributed by atoms with van der Waals surface area (Å²) in [4.78, 5) is 11.0. The Hall–Kier alpha value is -0.740. The summed E-state index contributed by atoms with van der Waals surface area (Å²) in [7, 11) is 0. The molecular weight excluding hydrogens is 183 g/mol. The molecule has 2 aliphatic rings. The number of hydrogen-bond donors (Lipinski definition) is 1. The first kappa shape index (κ1) is 8.84. The highest BCUT2D eigenvalue weighted by molar-refractivity contribution is 5.85. The van der Waals surface area contributed by atoms with Crippen molar-refractivity contribution in [3.05, 3.63) is 0 Å². The molecule has 1 aliphatic heterocycles. The van der Waals surface area contributed by atoms with Crippen LogP contribution < -0.4 is 5.32 Å². The number of halogens is 3. The molecule has 1 saturated heterocycles. The van der Waals surface area contributed by atoms with Crippen molar-refractivity contribution in [3.63, 3.8) is 0 Å². The Morgan fingerprint density at radius 2 is 2.23 bits per heavy atom. The SMILES string of the molecule is O=C1NCC2(CCC(F)(F)F)CC12. The molecule has 2 rings (SSSR count). The summed E-state index contributed by atoms with van der Waals surface area (Å²) in [6, 6.07) is 0. The molecule has 2 atom stereocenters. The minimum atomic E-state index is -4.09. The van der Waals surface area contributed by atoms with Crippen molar-refractivity contribution >= 4 is 5.91 Å². The van der Waals surface area contributed by atoms with Gasteiger partial charge in [-0.1, -0.05) is 0 Å². The zero-order valence-electron chi connectivity index (χ0n) is 6.95. The van der Waals surface area contributed by atoms with Crippen molar-refractivity contribution in [2.24, 2.45) is 11.3 Å². The van der Waals surface area contributed by atoms with Gasteiger partial charge in [-0.2, -0.15) is 13.2 Å². The highest BCUT2D eigenvalue weighted by atomic mass is 19.4. The van der Waals surface area contributed by atoms with Crippen molar-refractivity contribution in [1.29, 1.82) is 0 Å². The van der Waals surface area contributed by atoms with E-state index in [1.54, 1.807) is 0 Å². The van der Waals surface area contributed by atoms with Gasteiger partial charge in [0.25, 0.3) is 0 Å². The first-order valence-corrected chi connectivity index (χ1v) is 4.27. The second kappa shape index (κ2) is 2.39. The van der Waals surface area contributed by atoms with Crippen LogP contribution in [-0.4, -0.2) is 18.6 Å². The van der Waals surface area contributed by atoms with Gasteiger partial charge < -0.3 is 5.32 Å². The predicted molar refractivity (Wildman–Crippen MR) is 38.8 cm³/mol. The van der Waals surface area contributed by atoms with E-state index in [2.05, 4.69) is 5.32 Å². The van der Waals surface area contributed by atoms with Gasteiger partial charge in [0.1, 0.15) is 0 Å². The van der Waals surface area contributed by atoms with Gasteiger partial charge in [0.2, 0.25) is 5.91 Å². The summed E-state index contributed by atoms with van der Waals surface area (Å²) in [5.74, 6) is -0.197. The maximum absolute atomic E-state index is 11.9. The van der Waals surface area contributed by atoms with Crippen LogP contribution in [0.5, 0.6) is 0 Å². The number of piperidine rings is 1. The number of carbonyl (C=O) groups is 1. The summed E-state index contributed by atoms with van der Waals surface area (Å²) in [6.07, 6.45) is -4.11. The molecule has 0 bridgehead atoms. The summed E-state index contributed by atoms with van der Waals surface area (Å²) in [5.41, 5.74) is -0.341. The number of amides is 1. The molecule has 2 fully saturated rings. The van der Waals surface area contributed by atoms with Gasteiger partial charge in [-0.3, -0.25) is 4.79 Å².